The van der Waals surface area contributed by atoms with Crippen LogP contribution in [-0.2, 0) is 6.54 Å². The van der Waals surface area contributed by atoms with Crippen LogP contribution in [0.4, 0.5) is 5.69 Å². The Labute approximate surface area is 129 Å². The van der Waals surface area contributed by atoms with Gasteiger partial charge in [-0.25, -0.2) is 0 Å². The summed E-state index contributed by atoms with van der Waals surface area (Å²) in [7, 11) is 2.12. The molecule has 0 radical (unpaired) electrons. The zero-order valence-corrected chi connectivity index (χ0v) is 13.7. The standard InChI is InChI=1S/C18H27N3/c1-18(2,3)20-13-14-9-10-17(15(11-14)12-19)21(4)16-7-5-6-8-16/h9-11,16,20H,5-8,13H2,1-4H3. The Kier molecular flexibility index (Phi) is 4.90. The van der Waals surface area contributed by atoms with E-state index in [0.717, 1.165) is 17.8 Å². The van der Waals surface area contributed by atoms with Crippen molar-refractivity contribution in [2.45, 2.75) is 64.6 Å². The van der Waals surface area contributed by atoms with E-state index in [9.17, 15) is 5.26 Å². The third-order valence-electron chi connectivity index (χ3n) is 4.26. The van der Waals surface area contributed by atoms with Crippen molar-refractivity contribution in [1.82, 2.24) is 5.32 Å². The lowest BCUT2D eigenvalue weighted by Crippen LogP contribution is -2.35. The highest BCUT2D eigenvalue weighted by Crippen LogP contribution is 2.29. The molecule has 1 saturated carbocycles. The van der Waals surface area contributed by atoms with Gasteiger partial charge < -0.3 is 10.2 Å². The molecule has 3 heteroatoms. The van der Waals surface area contributed by atoms with E-state index in [1.54, 1.807) is 0 Å². The van der Waals surface area contributed by atoms with Gasteiger partial charge in [-0.3, -0.25) is 0 Å². The quantitative estimate of drug-likeness (QED) is 0.914. The van der Waals surface area contributed by atoms with Crippen LogP contribution in [-0.4, -0.2) is 18.6 Å². The topological polar surface area (TPSA) is 39.1 Å². The van der Waals surface area contributed by atoms with Crippen molar-refractivity contribution < 1.29 is 0 Å². The van der Waals surface area contributed by atoms with Crippen molar-refractivity contribution in [1.29, 1.82) is 5.26 Å². The molecule has 1 fully saturated rings. The first-order valence-electron chi connectivity index (χ1n) is 7.91. The summed E-state index contributed by atoms with van der Waals surface area (Å²) in [5.41, 5.74) is 3.12. The molecule has 0 saturated heterocycles. The van der Waals surface area contributed by atoms with Gasteiger partial charge in [0.05, 0.1) is 11.3 Å². The number of hydrogen-bond donors (Lipinski definition) is 1. The Balaban J connectivity index is 2.14. The van der Waals surface area contributed by atoms with E-state index in [1.165, 1.54) is 31.2 Å². The number of hydrogen-bond acceptors (Lipinski definition) is 3. The van der Waals surface area contributed by atoms with Crippen LogP contribution in [0.3, 0.4) is 0 Å². The van der Waals surface area contributed by atoms with Crippen LogP contribution in [0.15, 0.2) is 18.2 Å². The molecule has 0 atom stereocenters. The predicted molar refractivity (Wildman–Crippen MR) is 88.4 cm³/mol. The first-order valence-corrected chi connectivity index (χ1v) is 7.91. The smallest absolute Gasteiger partial charge is 0.101 e. The maximum Gasteiger partial charge on any atom is 0.101 e. The highest BCUT2D eigenvalue weighted by atomic mass is 15.1. The molecule has 0 bridgehead atoms. The van der Waals surface area contributed by atoms with Gasteiger partial charge in [0.2, 0.25) is 0 Å². The normalized spacial score (nSPS) is 16.0. The van der Waals surface area contributed by atoms with Gasteiger partial charge in [-0.05, 0) is 51.3 Å². The number of nitrogens with one attached hydrogen (secondary N) is 1. The number of nitrogens with zero attached hydrogens (tertiary/aromatic N) is 2. The van der Waals surface area contributed by atoms with Crippen molar-refractivity contribution in [2.75, 3.05) is 11.9 Å². The van der Waals surface area contributed by atoms with E-state index >= 15 is 0 Å². The SMILES string of the molecule is CN(c1ccc(CNC(C)(C)C)cc1C#N)C1CCCC1. The number of nitriles is 1. The summed E-state index contributed by atoms with van der Waals surface area (Å²) >= 11 is 0. The number of rotatable bonds is 4. The summed E-state index contributed by atoms with van der Waals surface area (Å²) < 4.78 is 0. The van der Waals surface area contributed by atoms with Crippen LogP contribution >= 0.6 is 0 Å². The van der Waals surface area contributed by atoms with E-state index in [1.807, 2.05) is 6.07 Å². The van der Waals surface area contributed by atoms with E-state index in [2.05, 4.69) is 56.2 Å². The van der Waals surface area contributed by atoms with Crippen LogP contribution in [0.5, 0.6) is 0 Å². The van der Waals surface area contributed by atoms with Gasteiger partial charge >= 0.3 is 0 Å². The molecule has 0 heterocycles. The lowest BCUT2D eigenvalue weighted by atomic mass is 10.0. The number of anilines is 1. The molecule has 1 aliphatic carbocycles. The average molecular weight is 285 g/mol. The van der Waals surface area contributed by atoms with Crippen molar-refractivity contribution in [3.05, 3.63) is 29.3 Å². The minimum absolute atomic E-state index is 0.0894. The Hall–Kier alpha value is -1.53. The van der Waals surface area contributed by atoms with Gasteiger partial charge in [-0.2, -0.15) is 5.26 Å². The Bertz CT molecular complexity index is 516. The molecule has 3 nitrogen and oxygen atoms in total. The highest BCUT2D eigenvalue weighted by molar-refractivity contribution is 5.60. The predicted octanol–water partition coefficient (Wildman–Crippen LogP) is 3.83. The number of benzene rings is 1. The van der Waals surface area contributed by atoms with Crippen molar-refractivity contribution >= 4 is 5.69 Å². The first kappa shape index (κ1) is 15.9. The fourth-order valence-corrected chi connectivity index (χ4v) is 2.95. The van der Waals surface area contributed by atoms with E-state index < -0.39 is 0 Å². The van der Waals surface area contributed by atoms with Crippen LogP contribution in [0, 0.1) is 11.3 Å². The largest absolute Gasteiger partial charge is 0.371 e. The molecule has 0 aromatic heterocycles. The molecule has 114 valence electrons. The second kappa shape index (κ2) is 6.49. The van der Waals surface area contributed by atoms with Crippen molar-refractivity contribution in [3.8, 4) is 6.07 Å². The average Bonchev–Trinajstić information content (AvgIpc) is 2.97. The van der Waals surface area contributed by atoms with Gasteiger partial charge in [0, 0.05) is 25.2 Å². The zero-order chi connectivity index (χ0) is 15.5. The minimum atomic E-state index is 0.0894. The Morgan fingerprint density at radius 3 is 2.52 bits per heavy atom. The minimum Gasteiger partial charge on any atom is -0.371 e. The lowest BCUT2D eigenvalue weighted by molar-refractivity contribution is 0.424. The van der Waals surface area contributed by atoms with Gasteiger partial charge in [0.1, 0.15) is 6.07 Å². The van der Waals surface area contributed by atoms with Gasteiger partial charge in [-0.1, -0.05) is 18.9 Å². The lowest BCUT2D eigenvalue weighted by Gasteiger charge is -2.28. The van der Waals surface area contributed by atoms with Crippen LogP contribution in [0.25, 0.3) is 0 Å². The molecule has 1 aromatic rings. The summed E-state index contributed by atoms with van der Waals surface area (Å²) in [6.07, 6.45) is 5.11. The molecule has 1 aliphatic rings. The fraction of sp³-hybridized carbons (Fsp3) is 0.611. The van der Waals surface area contributed by atoms with E-state index in [4.69, 9.17) is 0 Å². The maximum atomic E-state index is 9.47. The summed E-state index contributed by atoms with van der Waals surface area (Å²) in [5.74, 6) is 0. The van der Waals surface area contributed by atoms with Gasteiger partial charge in [0.25, 0.3) is 0 Å². The molecule has 0 amide bonds. The summed E-state index contributed by atoms with van der Waals surface area (Å²) in [4.78, 5) is 2.30. The maximum absolute atomic E-state index is 9.47. The van der Waals surface area contributed by atoms with Crippen molar-refractivity contribution in [3.63, 3.8) is 0 Å². The summed E-state index contributed by atoms with van der Waals surface area (Å²) in [6, 6.07) is 9.24. The Morgan fingerprint density at radius 2 is 1.95 bits per heavy atom. The molecule has 1 N–H and O–H groups in total. The molecule has 0 spiro atoms. The molecule has 21 heavy (non-hydrogen) atoms. The summed E-state index contributed by atoms with van der Waals surface area (Å²) in [6.45, 7) is 7.26. The second-order valence-corrected chi connectivity index (χ2v) is 7.12. The molecule has 0 aliphatic heterocycles. The zero-order valence-electron chi connectivity index (χ0n) is 13.7. The first-order chi connectivity index (χ1) is 9.90. The van der Waals surface area contributed by atoms with E-state index in [0.29, 0.717) is 6.04 Å². The molecular weight excluding hydrogens is 258 g/mol. The van der Waals surface area contributed by atoms with Crippen LogP contribution < -0.4 is 10.2 Å². The highest BCUT2D eigenvalue weighted by Gasteiger charge is 2.21. The van der Waals surface area contributed by atoms with Crippen molar-refractivity contribution in [2.24, 2.45) is 0 Å². The fourth-order valence-electron chi connectivity index (χ4n) is 2.95. The molecule has 0 unspecified atom stereocenters. The molecular formula is C18H27N3. The van der Waals surface area contributed by atoms with Gasteiger partial charge in [0.15, 0.2) is 0 Å². The second-order valence-electron chi connectivity index (χ2n) is 7.12. The van der Waals surface area contributed by atoms with Crippen LogP contribution in [0.2, 0.25) is 0 Å². The monoisotopic (exact) mass is 285 g/mol. The third kappa shape index (κ3) is 4.22. The Morgan fingerprint density at radius 1 is 1.29 bits per heavy atom. The molecule has 2 rings (SSSR count). The van der Waals surface area contributed by atoms with E-state index in [-0.39, 0.29) is 5.54 Å². The van der Waals surface area contributed by atoms with Crippen LogP contribution in [0.1, 0.15) is 57.6 Å². The molecule has 1 aromatic carbocycles. The third-order valence-corrected chi connectivity index (χ3v) is 4.26. The summed E-state index contributed by atoms with van der Waals surface area (Å²) in [5, 5.41) is 12.9. The van der Waals surface area contributed by atoms with Gasteiger partial charge in [-0.15, -0.1) is 0 Å².